The fourth-order valence-electron chi connectivity index (χ4n) is 3.28. The number of nitrogens with zero attached hydrogens (tertiary/aromatic N) is 1. The third-order valence-electron chi connectivity index (χ3n) is 4.86. The van der Waals surface area contributed by atoms with Crippen molar-refractivity contribution in [3.63, 3.8) is 0 Å². The largest absolute Gasteiger partial charge is 0.350 e. The molecule has 0 saturated heterocycles. The second-order valence-electron chi connectivity index (χ2n) is 7.26. The second kappa shape index (κ2) is 9.27. The minimum atomic E-state index is -0.698. The van der Waals surface area contributed by atoms with Crippen molar-refractivity contribution in [2.24, 2.45) is 0 Å². The Hall–Kier alpha value is -3.32. The zero-order valence-electron chi connectivity index (χ0n) is 17.2. The van der Waals surface area contributed by atoms with Crippen molar-refractivity contribution >= 4 is 69.6 Å². The van der Waals surface area contributed by atoms with Crippen molar-refractivity contribution in [3.05, 3.63) is 98.6 Å². The number of rotatable bonds is 5. The molecule has 0 spiro atoms. The molecule has 1 aliphatic heterocycles. The molecular weight excluding hydrogens is 485 g/mol. The molecule has 3 amide bonds. The molecule has 3 aromatic rings. The summed E-state index contributed by atoms with van der Waals surface area (Å²) in [7, 11) is 0. The van der Waals surface area contributed by atoms with Crippen LogP contribution in [0.15, 0.2) is 77.5 Å². The number of imide groups is 1. The fourth-order valence-corrected chi connectivity index (χ4v) is 3.78. The van der Waals surface area contributed by atoms with Gasteiger partial charge in [0.2, 0.25) is 0 Å². The molecule has 4 rings (SSSR count). The number of amides is 3. The van der Waals surface area contributed by atoms with E-state index < -0.39 is 11.8 Å². The van der Waals surface area contributed by atoms with Crippen LogP contribution in [0.2, 0.25) is 10.0 Å². The number of hydrogen-bond acceptors (Lipinski definition) is 4. The highest BCUT2D eigenvalue weighted by molar-refractivity contribution is 6.53. The topological polar surface area (TPSA) is 78.5 Å². The predicted octanol–water partition coefficient (Wildman–Crippen LogP) is 5.99. The molecule has 0 aromatic heterocycles. The van der Waals surface area contributed by atoms with Gasteiger partial charge in [-0.2, -0.15) is 0 Å². The van der Waals surface area contributed by atoms with E-state index in [1.165, 1.54) is 18.2 Å². The van der Waals surface area contributed by atoms with Crippen LogP contribution in [0.3, 0.4) is 0 Å². The molecule has 0 bridgehead atoms. The molecule has 2 N–H and O–H groups in total. The first-order chi connectivity index (χ1) is 15.7. The lowest BCUT2D eigenvalue weighted by molar-refractivity contribution is -0.120. The number of carbonyl (C=O) groups is 3. The Morgan fingerprint density at radius 3 is 2.27 bits per heavy atom. The summed E-state index contributed by atoms with van der Waals surface area (Å²) < 4.78 is 0. The molecule has 0 saturated carbocycles. The molecule has 0 atom stereocenters. The van der Waals surface area contributed by atoms with Crippen molar-refractivity contribution in [2.75, 3.05) is 15.5 Å². The molecule has 0 radical (unpaired) electrons. The number of halogens is 3. The van der Waals surface area contributed by atoms with Crippen LogP contribution in [0.5, 0.6) is 0 Å². The highest BCUT2D eigenvalue weighted by Crippen LogP contribution is 2.33. The summed E-state index contributed by atoms with van der Waals surface area (Å²) in [6, 6.07) is 18.3. The Morgan fingerprint density at radius 2 is 1.55 bits per heavy atom. The predicted molar refractivity (Wildman–Crippen MR) is 131 cm³/mol. The highest BCUT2D eigenvalue weighted by Gasteiger charge is 2.39. The Bertz CT molecular complexity index is 1340. The molecule has 0 fully saturated rings. The van der Waals surface area contributed by atoms with Crippen LogP contribution in [-0.2, 0) is 9.59 Å². The maximum Gasteiger partial charge on any atom is 0.283 e. The lowest BCUT2D eigenvalue weighted by atomic mass is 10.1. The van der Waals surface area contributed by atoms with Crippen molar-refractivity contribution in [2.45, 2.75) is 6.92 Å². The van der Waals surface area contributed by atoms with Crippen LogP contribution in [0.1, 0.15) is 15.9 Å². The minimum Gasteiger partial charge on any atom is -0.350 e. The van der Waals surface area contributed by atoms with E-state index in [1.54, 1.807) is 30.3 Å². The van der Waals surface area contributed by atoms with Crippen LogP contribution in [0.4, 0.5) is 17.1 Å². The van der Waals surface area contributed by atoms with Gasteiger partial charge in [-0.25, -0.2) is 4.90 Å². The number of benzene rings is 3. The lowest BCUT2D eigenvalue weighted by Gasteiger charge is -2.16. The maximum atomic E-state index is 13.0. The van der Waals surface area contributed by atoms with E-state index in [0.29, 0.717) is 16.9 Å². The third-order valence-corrected chi connectivity index (χ3v) is 5.95. The van der Waals surface area contributed by atoms with E-state index in [4.69, 9.17) is 34.8 Å². The van der Waals surface area contributed by atoms with Gasteiger partial charge < -0.3 is 10.6 Å². The summed E-state index contributed by atoms with van der Waals surface area (Å²) in [6.45, 7) is 1.93. The van der Waals surface area contributed by atoms with Gasteiger partial charge in [0.15, 0.2) is 0 Å². The Morgan fingerprint density at radius 1 is 0.818 bits per heavy atom. The van der Waals surface area contributed by atoms with E-state index in [9.17, 15) is 14.4 Å². The number of aryl methyl sites for hydroxylation is 1. The molecule has 0 aliphatic carbocycles. The molecule has 166 valence electrons. The molecule has 3 aromatic carbocycles. The molecule has 0 unspecified atom stereocenters. The van der Waals surface area contributed by atoms with Crippen molar-refractivity contribution in [1.29, 1.82) is 0 Å². The van der Waals surface area contributed by atoms with Crippen LogP contribution < -0.4 is 15.5 Å². The SMILES string of the molecule is Cc1cccc(NC(=O)c2cccc(NC3=C(Cl)C(=O)N(c4ccc(Cl)c(Cl)c4)C3=O)c2)c1. The van der Waals surface area contributed by atoms with Crippen molar-refractivity contribution in [1.82, 2.24) is 0 Å². The molecule has 9 heteroatoms. The Balaban J connectivity index is 1.55. The second-order valence-corrected chi connectivity index (χ2v) is 8.45. The van der Waals surface area contributed by atoms with E-state index in [0.717, 1.165) is 10.5 Å². The number of nitrogens with one attached hydrogen (secondary N) is 2. The van der Waals surface area contributed by atoms with Gasteiger partial charge in [-0.3, -0.25) is 14.4 Å². The Labute approximate surface area is 204 Å². The van der Waals surface area contributed by atoms with Gasteiger partial charge in [-0.1, -0.05) is 53.0 Å². The Kier molecular flexibility index (Phi) is 6.42. The van der Waals surface area contributed by atoms with E-state index in [-0.39, 0.29) is 32.4 Å². The summed E-state index contributed by atoms with van der Waals surface area (Å²) in [4.78, 5) is 39.2. The van der Waals surface area contributed by atoms with E-state index in [1.807, 2.05) is 25.1 Å². The molecular formula is C24H16Cl3N3O3. The van der Waals surface area contributed by atoms with E-state index in [2.05, 4.69) is 10.6 Å². The normalized spacial score (nSPS) is 13.5. The van der Waals surface area contributed by atoms with Gasteiger partial charge in [0.05, 0.1) is 15.7 Å². The average Bonchev–Trinajstić information content (AvgIpc) is 2.99. The van der Waals surface area contributed by atoms with Gasteiger partial charge in [0, 0.05) is 16.9 Å². The first-order valence-corrected chi connectivity index (χ1v) is 10.9. The van der Waals surface area contributed by atoms with E-state index >= 15 is 0 Å². The first-order valence-electron chi connectivity index (χ1n) is 9.73. The van der Waals surface area contributed by atoms with Crippen LogP contribution in [0, 0.1) is 6.92 Å². The smallest absolute Gasteiger partial charge is 0.283 e. The van der Waals surface area contributed by atoms with Gasteiger partial charge in [-0.05, 0) is 61.0 Å². The quantitative estimate of drug-likeness (QED) is 0.422. The lowest BCUT2D eigenvalue weighted by Crippen LogP contribution is -2.32. The van der Waals surface area contributed by atoms with Crippen LogP contribution >= 0.6 is 34.8 Å². The number of anilines is 3. The zero-order chi connectivity index (χ0) is 23.7. The summed E-state index contributed by atoms with van der Waals surface area (Å²) >= 11 is 18.1. The van der Waals surface area contributed by atoms with Crippen LogP contribution in [-0.4, -0.2) is 17.7 Å². The number of hydrogen-bond donors (Lipinski definition) is 2. The summed E-state index contributed by atoms with van der Waals surface area (Å²) in [5.74, 6) is -1.68. The van der Waals surface area contributed by atoms with Crippen molar-refractivity contribution in [3.8, 4) is 0 Å². The van der Waals surface area contributed by atoms with Crippen molar-refractivity contribution < 1.29 is 14.4 Å². The average molecular weight is 501 g/mol. The molecule has 1 aliphatic rings. The maximum absolute atomic E-state index is 13.0. The summed E-state index contributed by atoms with van der Waals surface area (Å²) in [5, 5.41) is 5.89. The summed E-state index contributed by atoms with van der Waals surface area (Å²) in [6.07, 6.45) is 0. The zero-order valence-corrected chi connectivity index (χ0v) is 19.4. The third kappa shape index (κ3) is 4.73. The molecule has 33 heavy (non-hydrogen) atoms. The molecule has 6 nitrogen and oxygen atoms in total. The van der Waals surface area contributed by atoms with Gasteiger partial charge in [-0.15, -0.1) is 0 Å². The minimum absolute atomic E-state index is 0.107. The number of carbonyl (C=O) groups excluding carboxylic acids is 3. The van der Waals surface area contributed by atoms with Gasteiger partial charge in [0.25, 0.3) is 17.7 Å². The highest BCUT2D eigenvalue weighted by atomic mass is 35.5. The van der Waals surface area contributed by atoms with Crippen LogP contribution in [0.25, 0.3) is 0 Å². The fraction of sp³-hybridized carbons (Fsp3) is 0.0417. The van der Waals surface area contributed by atoms with Gasteiger partial charge >= 0.3 is 0 Å². The summed E-state index contributed by atoms with van der Waals surface area (Å²) in [5.41, 5.74) is 2.58. The monoisotopic (exact) mass is 499 g/mol. The standard InChI is InChI=1S/C24H16Cl3N3O3/c1-13-4-2-6-15(10-13)29-22(31)14-5-3-7-16(11-14)28-21-20(27)23(32)30(24(21)33)17-8-9-18(25)19(26)12-17/h2-12,28H,1H3,(H,29,31). The first kappa shape index (κ1) is 22.9. The molecule has 1 heterocycles. The van der Waals surface area contributed by atoms with Gasteiger partial charge in [0.1, 0.15) is 10.7 Å².